The molecule has 0 aliphatic carbocycles. The highest BCUT2D eigenvalue weighted by molar-refractivity contribution is 8.01. The monoisotopic (exact) mass is 226 g/mol. The van der Waals surface area contributed by atoms with E-state index in [9.17, 15) is 4.79 Å². The van der Waals surface area contributed by atoms with Gasteiger partial charge in [-0.05, 0) is 5.41 Å². The Balaban J connectivity index is 2.67. The van der Waals surface area contributed by atoms with Crippen molar-refractivity contribution in [2.75, 3.05) is 0 Å². The zero-order chi connectivity index (χ0) is 11.9. The highest BCUT2D eigenvalue weighted by atomic mass is 32.2. The van der Waals surface area contributed by atoms with Gasteiger partial charge in [0.15, 0.2) is 5.78 Å². The molecule has 2 heteroatoms. The van der Waals surface area contributed by atoms with Crippen LogP contribution in [0.3, 0.4) is 0 Å². The molecular weight excluding hydrogens is 204 g/mol. The molecule has 1 rings (SSSR count). The highest BCUT2D eigenvalue weighted by Crippen LogP contribution is 2.41. The van der Waals surface area contributed by atoms with Gasteiger partial charge in [0.2, 0.25) is 0 Å². The number of hydrogen-bond donors (Lipinski definition) is 0. The molecule has 1 aliphatic rings. The quantitative estimate of drug-likeness (QED) is 0.634. The minimum atomic E-state index is -0.227. The Morgan fingerprint density at radius 3 is 1.93 bits per heavy atom. The van der Waals surface area contributed by atoms with Crippen LogP contribution in [-0.2, 0) is 4.79 Å². The lowest BCUT2D eigenvalue weighted by atomic mass is 9.88. The first-order valence-corrected chi connectivity index (χ1v) is 6.45. The van der Waals surface area contributed by atoms with Crippen LogP contribution in [0.15, 0.2) is 12.2 Å². The molecular formula is C13H22OS. The molecule has 0 aromatic carbocycles. The van der Waals surface area contributed by atoms with E-state index in [1.807, 2.05) is 20.8 Å². The van der Waals surface area contributed by atoms with Crippen molar-refractivity contribution in [1.29, 1.82) is 0 Å². The van der Waals surface area contributed by atoms with E-state index in [1.54, 1.807) is 11.8 Å². The summed E-state index contributed by atoms with van der Waals surface area (Å²) in [5, 5.41) is 0.531. The standard InChI is InChI=1S/C13H22OS/c1-12(2,3)10-8-7-9(15-10)11(14)13(4,5)6/h7-10H,1-6H3. The molecule has 0 spiro atoms. The van der Waals surface area contributed by atoms with Gasteiger partial charge < -0.3 is 0 Å². The van der Waals surface area contributed by atoms with Gasteiger partial charge in [-0.2, -0.15) is 0 Å². The highest BCUT2D eigenvalue weighted by Gasteiger charge is 2.36. The Morgan fingerprint density at radius 1 is 1.07 bits per heavy atom. The van der Waals surface area contributed by atoms with Gasteiger partial charge in [0.25, 0.3) is 0 Å². The minimum absolute atomic E-state index is 0.0641. The second kappa shape index (κ2) is 3.97. The zero-order valence-electron chi connectivity index (χ0n) is 10.6. The maximum Gasteiger partial charge on any atom is 0.154 e. The molecule has 15 heavy (non-hydrogen) atoms. The summed E-state index contributed by atoms with van der Waals surface area (Å²) >= 11 is 1.79. The van der Waals surface area contributed by atoms with Crippen molar-refractivity contribution >= 4 is 17.5 Å². The van der Waals surface area contributed by atoms with Crippen LogP contribution in [0.1, 0.15) is 41.5 Å². The molecule has 0 aromatic heterocycles. The van der Waals surface area contributed by atoms with E-state index in [4.69, 9.17) is 0 Å². The molecule has 0 radical (unpaired) electrons. The molecule has 86 valence electrons. The van der Waals surface area contributed by atoms with Gasteiger partial charge in [0.05, 0.1) is 5.25 Å². The largest absolute Gasteiger partial charge is 0.298 e. The molecule has 2 unspecified atom stereocenters. The number of carbonyl (C=O) groups excluding carboxylic acids is 1. The molecule has 0 bridgehead atoms. The van der Waals surface area contributed by atoms with Gasteiger partial charge in [-0.3, -0.25) is 4.79 Å². The summed E-state index contributed by atoms with van der Waals surface area (Å²) in [6.07, 6.45) is 4.27. The van der Waals surface area contributed by atoms with Crippen LogP contribution < -0.4 is 0 Å². The van der Waals surface area contributed by atoms with Crippen LogP contribution in [-0.4, -0.2) is 16.3 Å². The van der Waals surface area contributed by atoms with E-state index in [0.717, 1.165) is 0 Å². The van der Waals surface area contributed by atoms with Crippen LogP contribution >= 0.6 is 11.8 Å². The van der Waals surface area contributed by atoms with Crippen molar-refractivity contribution in [1.82, 2.24) is 0 Å². The Labute approximate surface area is 97.7 Å². The van der Waals surface area contributed by atoms with E-state index in [1.165, 1.54) is 0 Å². The lowest BCUT2D eigenvalue weighted by Gasteiger charge is -2.27. The second-order valence-corrected chi connectivity index (χ2v) is 7.63. The molecule has 0 aromatic rings. The number of ketones is 1. The Kier molecular flexibility index (Phi) is 3.39. The van der Waals surface area contributed by atoms with E-state index in [-0.39, 0.29) is 16.1 Å². The minimum Gasteiger partial charge on any atom is -0.298 e. The summed E-state index contributed by atoms with van der Waals surface area (Å²) in [7, 11) is 0. The molecule has 0 amide bonds. The van der Waals surface area contributed by atoms with Crippen molar-refractivity contribution in [2.45, 2.75) is 52.0 Å². The van der Waals surface area contributed by atoms with Gasteiger partial charge in [0.1, 0.15) is 0 Å². The van der Waals surface area contributed by atoms with Gasteiger partial charge in [-0.15, -0.1) is 11.8 Å². The number of thioether (sulfide) groups is 1. The normalized spacial score (nSPS) is 27.1. The maximum atomic E-state index is 12.1. The van der Waals surface area contributed by atoms with Crippen LogP contribution in [0.25, 0.3) is 0 Å². The third-order valence-corrected chi connectivity index (χ3v) is 4.43. The number of rotatable bonds is 1. The summed E-state index contributed by atoms with van der Waals surface area (Å²) in [4.78, 5) is 12.1. The van der Waals surface area contributed by atoms with Crippen molar-refractivity contribution in [3.63, 3.8) is 0 Å². The fraction of sp³-hybridized carbons (Fsp3) is 0.769. The number of hydrogen-bond acceptors (Lipinski definition) is 2. The summed E-state index contributed by atoms with van der Waals surface area (Å²) < 4.78 is 0. The Bertz CT molecular complexity index is 278. The van der Waals surface area contributed by atoms with Crippen molar-refractivity contribution in [2.24, 2.45) is 10.8 Å². The molecule has 0 saturated heterocycles. The molecule has 2 atom stereocenters. The van der Waals surface area contributed by atoms with Crippen LogP contribution in [0.2, 0.25) is 0 Å². The van der Waals surface area contributed by atoms with E-state index in [2.05, 4.69) is 32.9 Å². The van der Waals surface area contributed by atoms with E-state index < -0.39 is 0 Å². The lowest BCUT2D eigenvalue weighted by Crippen LogP contribution is -2.29. The maximum absolute atomic E-state index is 12.1. The predicted octanol–water partition coefficient (Wildman–Crippen LogP) is 3.69. The number of carbonyl (C=O) groups is 1. The molecule has 1 aliphatic heterocycles. The van der Waals surface area contributed by atoms with Gasteiger partial charge in [0, 0.05) is 10.7 Å². The number of Topliss-reactive ketones (excluding diaryl/α,β-unsaturated/α-hetero) is 1. The van der Waals surface area contributed by atoms with Crippen LogP contribution in [0.5, 0.6) is 0 Å². The summed E-state index contributed by atoms with van der Waals surface area (Å²) in [6.45, 7) is 12.6. The van der Waals surface area contributed by atoms with Gasteiger partial charge in [-0.25, -0.2) is 0 Å². The zero-order valence-corrected chi connectivity index (χ0v) is 11.4. The Morgan fingerprint density at radius 2 is 1.60 bits per heavy atom. The fourth-order valence-corrected chi connectivity index (χ4v) is 3.08. The molecule has 1 heterocycles. The van der Waals surface area contributed by atoms with Crippen molar-refractivity contribution in [3.8, 4) is 0 Å². The smallest absolute Gasteiger partial charge is 0.154 e. The molecule has 0 N–H and O–H groups in total. The van der Waals surface area contributed by atoms with E-state index >= 15 is 0 Å². The van der Waals surface area contributed by atoms with Crippen LogP contribution in [0, 0.1) is 10.8 Å². The van der Waals surface area contributed by atoms with Crippen molar-refractivity contribution in [3.05, 3.63) is 12.2 Å². The summed E-state index contributed by atoms with van der Waals surface area (Å²) in [5.41, 5.74) is 0.0167. The first-order valence-electron chi connectivity index (χ1n) is 5.50. The summed E-state index contributed by atoms with van der Waals surface area (Å²) in [5.74, 6) is 0.343. The Hall–Kier alpha value is -0.240. The third kappa shape index (κ3) is 3.10. The predicted molar refractivity (Wildman–Crippen MR) is 68.2 cm³/mol. The fourth-order valence-electron chi connectivity index (χ4n) is 1.52. The van der Waals surface area contributed by atoms with Crippen LogP contribution in [0.4, 0.5) is 0 Å². The van der Waals surface area contributed by atoms with Crippen molar-refractivity contribution < 1.29 is 4.79 Å². The molecule has 0 fully saturated rings. The molecule has 0 saturated carbocycles. The lowest BCUT2D eigenvalue weighted by molar-refractivity contribution is -0.124. The van der Waals surface area contributed by atoms with E-state index in [0.29, 0.717) is 11.0 Å². The third-order valence-electron chi connectivity index (χ3n) is 2.61. The first-order chi connectivity index (χ1) is 6.62. The van der Waals surface area contributed by atoms with Gasteiger partial charge >= 0.3 is 0 Å². The summed E-state index contributed by atoms with van der Waals surface area (Å²) in [6, 6.07) is 0. The topological polar surface area (TPSA) is 17.1 Å². The second-order valence-electron chi connectivity index (χ2n) is 6.34. The average molecular weight is 226 g/mol. The van der Waals surface area contributed by atoms with Gasteiger partial charge in [-0.1, -0.05) is 53.7 Å². The molecule has 1 nitrogen and oxygen atoms in total. The SMILES string of the molecule is CC(C)(C)C(=O)C1C=CC(C(C)(C)C)S1. The average Bonchev–Trinajstić information content (AvgIpc) is 2.47. The first kappa shape index (κ1) is 12.8.